The van der Waals surface area contributed by atoms with Gasteiger partial charge in [0.25, 0.3) is 5.91 Å². The van der Waals surface area contributed by atoms with E-state index in [4.69, 9.17) is 11.5 Å². The van der Waals surface area contributed by atoms with E-state index in [2.05, 4.69) is 15.2 Å². The number of rotatable bonds is 6. The van der Waals surface area contributed by atoms with E-state index in [1.807, 2.05) is 24.3 Å². The number of nitrogens with two attached hydrogens (primary N) is 2. The number of nitrogens with one attached hydrogen (secondary N) is 1. The molecule has 0 unspecified atom stereocenters. The molecule has 1 fully saturated rings. The van der Waals surface area contributed by atoms with Crippen LogP contribution >= 0.6 is 11.3 Å². The first-order valence-corrected chi connectivity index (χ1v) is 9.55. The first-order valence-electron chi connectivity index (χ1n) is 8.67. The molecule has 8 heteroatoms. The van der Waals surface area contributed by atoms with Gasteiger partial charge in [-0.3, -0.25) is 9.59 Å². The number of hydrogen-bond acceptors (Lipinski definition) is 6. The quantitative estimate of drug-likeness (QED) is 0.711. The number of amides is 2. The summed E-state index contributed by atoms with van der Waals surface area (Å²) in [5.41, 5.74) is 13.0. The van der Waals surface area contributed by atoms with Crippen molar-refractivity contribution in [2.75, 3.05) is 29.9 Å². The fourth-order valence-electron chi connectivity index (χ4n) is 3.10. The summed E-state index contributed by atoms with van der Waals surface area (Å²) in [5, 5.41) is 5.57. The summed E-state index contributed by atoms with van der Waals surface area (Å²) in [4.78, 5) is 30.4. The molecule has 1 aliphatic rings. The van der Waals surface area contributed by atoms with Crippen molar-refractivity contribution in [1.29, 1.82) is 0 Å². The van der Waals surface area contributed by atoms with Crippen LogP contribution in [0.3, 0.4) is 0 Å². The van der Waals surface area contributed by atoms with Gasteiger partial charge in [-0.2, -0.15) is 0 Å². The van der Waals surface area contributed by atoms with Crippen LogP contribution in [0.5, 0.6) is 0 Å². The minimum atomic E-state index is -0.233. The molecule has 0 aliphatic carbocycles. The van der Waals surface area contributed by atoms with Crippen LogP contribution in [0.1, 0.15) is 28.3 Å². The van der Waals surface area contributed by atoms with Gasteiger partial charge in [0.05, 0.1) is 16.4 Å². The molecule has 1 aromatic carbocycles. The molecular formula is C18H23N5O2S. The van der Waals surface area contributed by atoms with Crippen LogP contribution in [0.25, 0.3) is 0 Å². The predicted molar refractivity (Wildman–Crippen MR) is 103 cm³/mol. The van der Waals surface area contributed by atoms with Gasteiger partial charge in [-0.15, -0.1) is 11.3 Å². The fourth-order valence-corrected chi connectivity index (χ4v) is 3.89. The predicted octanol–water partition coefficient (Wildman–Crippen LogP) is 1.60. The highest BCUT2D eigenvalue weighted by Crippen LogP contribution is 2.30. The number of piperidine rings is 1. The number of thiazole rings is 1. The molecule has 0 bridgehead atoms. The first-order chi connectivity index (χ1) is 12.6. The van der Waals surface area contributed by atoms with Gasteiger partial charge in [0.2, 0.25) is 5.91 Å². The Kier molecular flexibility index (Phi) is 5.85. The van der Waals surface area contributed by atoms with Crippen LogP contribution < -0.4 is 21.7 Å². The van der Waals surface area contributed by atoms with Crippen LogP contribution in [-0.2, 0) is 11.2 Å². The summed E-state index contributed by atoms with van der Waals surface area (Å²) in [7, 11) is 0. The Morgan fingerprint density at radius 2 is 2.00 bits per heavy atom. The maximum atomic E-state index is 12.5. The molecule has 2 heterocycles. The molecule has 2 amide bonds. The fraction of sp³-hybridized carbons (Fsp3) is 0.389. The zero-order valence-corrected chi connectivity index (χ0v) is 15.3. The number of para-hydroxylation sites is 2. The van der Waals surface area contributed by atoms with E-state index >= 15 is 0 Å². The lowest BCUT2D eigenvalue weighted by Crippen LogP contribution is -2.38. The SMILES string of the molecule is NCCc1nc(C(=O)Nc2ccccc2N2CCC(C(N)=O)CC2)cs1. The van der Waals surface area contributed by atoms with E-state index < -0.39 is 0 Å². The van der Waals surface area contributed by atoms with Crippen molar-refractivity contribution in [3.8, 4) is 0 Å². The molecule has 1 aromatic heterocycles. The molecule has 1 saturated heterocycles. The second-order valence-corrected chi connectivity index (χ2v) is 7.24. The standard InChI is InChI=1S/C18H23N5O2S/c19-8-5-16-21-14(11-26-16)18(25)22-13-3-1-2-4-15(13)23-9-6-12(7-10-23)17(20)24/h1-4,11-12H,5-10,19H2,(H2,20,24)(H,22,25). The average Bonchev–Trinajstić information content (AvgIpc) is 3.11. The van der Waals surface area contributed by atoms with E-state index in [1.165, 1.54) is 11.3 Å². The van der Waals surface area contributed by atoms with Crippen LogP contribution in [0.4, 0.5) is 11.4 Å². The summed E-state index contributed by atoms with van der Waals surface area (Å²) in [6, 6.07) is 7.67. The number of hydrogen-bond donors (Lipinski definition) is 3. The average molecular weight is 373 g/mol. The third-order valence-corrected chi connectivity index (χ3v) is 5.44. The lowest BCUT2D eigenvalue weighted by Gasteiger charge is -2.33. The molecule has 1 aliphatic heterocycles. The zero-order chi connectivity index (χ0) is 18.5. The lowest BCUT2D eigenvalue weighted by molar-refractivity contribution is -0.122. The molecule has 0 spiro atoms. The highest BCUT2D eigenvalue weighted by atomic mass is 32.1. The van der Waals surface area contributed by atoms with E-state index in [1.54, 1.807) is 5.38 Å². The minimum Gasteiger partial charge on any atom is -0.370 e. The Morgan fingerprint density at radius 1 is 1.27 bits per heavy atom. The van der Waals surface area contributed by atoms with Crippen molar-refractivity contribution in [1.82, 2.24) is 4.98 Å². The normalized spacial score (nSPS) is 15.0. The smallest absolute Gasteiger partial charge is 0.275 e. The number of nitrogens with zero attached hydrogens (tertiary/aromatic N) is 2. The van der Waals surface area contributed by atoms with Crippen molar-refractivity contribution >= 4 is 34.5 Å². The summed E-state index contributed by atoms with van der Waals surface area (Å²) in [6.45, 7) is 1.98. The van der Waals surface area contributed by atoms with Gasteiger partial charge in [0.15, 0.2) is 0 Å². The second-order valence-electron chi connectivity index (χ2n) is 6.30. The first kappa shape index (κ1) is 18.3. The molecule has 2 aromatic rings. The highest BCUT2D eigenvalue weighted by Gasteiger charge is 2.24. The van der Waals surface area contributed by atoms with Crippen LogP contribution in [0.2, 0.25) is 0 Å². The van der Waals surface area contributed by atoms with E-state index in [-0.39, 0.29) is 17.7 Å². The number of carbonyl (C=O) groups excluding carboxylic acids is 2. The van der Waals surface area contributed by atoms with Crippen LogP contribution in [0.15, 0.2) is 29.6 Å². The second kappa shape index (κ2) is 8.29. The number of carbonyl (C=O) groups is 2. The van der Waals surface area contributed by atoms with Crippen molar-refractivity contribution < 1.29 is 9.59 Å². The van der Waals surface area contributed by atoms with Gasteiger partial charge in [0.1, 0.15) is 5.69 Å². The highest BCUT2D eigenvalue weighted by molar-refractivity contribution is 7.09. The Bertz CT molecular complexity index is 783. The lowest BCUT2D eigenvalue weighted by atomic mass is 9.96. The van der Waals surface area contributed by atoms with Crippen molar-refractivity contribution in [3.05, 3.63) is 40.3 Å². The van der Waals surface area contributed by atoms with Gasteiger partial charge in [-0.25, -0.2) is 4.98 Å². The number of aromatic nitrogens is 1. The van der Waals surface area contributed by atoms with Crippen molar-refractivity contribution in [2.24, 2.45) is 17.4 Å². The van der Waals surface area contributed by atoms with Gasteiger partial charge in [-0.1, -0.05) is 12.1 Å². The summed E-state index contributed by atoms with van der Waals surface area (Å²) in [5.74, 6) is -0.531. The largest absolute Gasteiger partial charge is 0.370 e. The third kappa shape index (κ3) is 4.20. The molecular weight excluding hydrogens is 350 g/mol. The van der Waals surface area contributed by atoms with Crippen LogP contribution in [0, 0.1) is 5.92 Å². The molecule has 5 N–H and O–H groups in total. The van der Waals surface area contributed by atoms with Gasteiger partial charge in [0, 0.05) is 30.8 Å². The van der Waals surface area contributed by atoms with E-state index in [0.717, 1.165) is 42.3 Å². The minimum absolute atomic E-state index is 0.0658. The Hall–Kier alpha value is -2.45. The molecule has 0 radical (unpaired) electrons. The molecule has 26 heavy (non-hydrogen) atoms. The van der Waals surface area contributed by atoms with Crippen LogP contribution in [-0.4, -0.2) is 36.4 Å². The molecule has 0 saturated carbocycles. The number of benzene rings is 1. The van der Waals surface area contributed by atoms with Gasteiger partial charge < -0.3 is 21.7 Å². The third-order valence-electron chi connectivity index (χ3n) is 4.53. The summed E-state index contributed by atoms with van der Waals surface area (Å²) >= 11 is 1.44. The van der Waals surface area contributed by atoms with E-state index in [0.29, 0.717) is 18.7 Å². The van der Waals surface area contributed by atoms with Gasteiger partial charge in [-0.05, 0) is 31.5 Å². The molecule has 0 atom stereocenters. The Balaban J connectivity index is 1.71. The van der Waals surface area contributed by atoms with Crippen molar-refractivity contribution in [2.45, 2.75) is 19.3 Å². The molecule has 7 nitrogen and oxygen atoms in total. The summed E-state index contributed by atoms with van der Waals surface area (Å²) in [6.07, 6.45) is 2.13. The van der Waals surface area contributed by atoms with Gasteiger partial charge >= 0.3 is 0 Å². The van der Waals surface area contributed by atoms with Crippen molar-refractivity contribution in [3.63, 3.8) is 0 Å². The maximum absolute atomic E-state index is 12.5. The molecule has 138 valence electrons. The monoisotopic (exact) mass is 373 g/mol. The zero-order valence-electron chi connectivity index (χ0n) is 14.5. The Labute approximate surface area is 156 Å². The maximum Gasteiger partial charge on any atom is 0.275 e. The Morgan fingerprint density at radius 3 is 2.69 bits per heavy atom. The van der Waals surface area contributed by atoms with E-state index in [9.17, 15) is 9.59 Å². The number of anilines is 2. The summed E-state index contributed by atoms with van der Waals surface area (Å²) < 4.78 is 0. The molecule has 3 rings (SSSR count). The topological polar surface area (TPSA) is 114 Å². The number of primary amides is 1.